The molecule has 0 saturated carbocycles. The Morgan fingerprint density at radius 1 is 0.352 bits per heavy atom. The molecule has 0 aliphatic carbocycles. The number of hydrogen-bond donors (Lipinski definition) is 0. The molecule has 20 rings (SSSR count). The summed E-state index contributed by atoms with van der Waals surface area (Å²) in [4.78, 5) is 19.1. The van der Waals surface area contributed by atoms with E-state index in [0.29, 0.717) is 24.3 Å². The topological polar surface area (TPSA) is 94.2 Å². The molecular formula is C88H64Ir4N8O4S2Se2-8. The number of fused-ring (bicyclic) bond motifs is 12. The minimum absolute atomic E-state index is 0. The molecule has 0 N–H and O–H groups in total. The minimum Gasteiger partial charge on any atom is 0 e. The molecule has 0 saturated heterocycles. The first kappa shape index (κ1) is 77.7. The third-order valence-electron chi connectivity index (χ3n) is 19.1. The van der Waals surface area contributed by atoms with Gasteiger partial charge in [0, 0.05) is 103 Å². The van der Waals surface area contributed by atoms with Gasteiger partial charge in [-0.2, -0.15) is 74.0 Å². The summed E-state index contributed by atoms with van der Waals surface area (Å²) in [5.74, 6) is 0. The Morgan fingerprint density at radius 3 is 1.26 bits per heavy atom. The van der Waals surface area contributed by atoms with Crippen molar-refractivity contribution in [2.45, 2.75) is 19.6 Å². The molecule has 4 radical (unpaired) electrons. The molecule has 1 aromatic heterocycles. The zero-order valence-electron chi connectivity index (χ0n) is 58.2. The molecular weight excluding hydrogens is 2220 g/mol. The monoisotopic (exact) mass is 2290 g/mol. The van der Waals surface area contributed by atoms with Crippen LogP contribution in [-0.4, -0.2) is 88.8 Å². The molecule has 12 aromatic carbocycles. The van der Waals surface area contributed by atoms with E-state index in [9.17, 15) is 16.5 Å². The summed E-state index contributed by atoms with van der Waals surface area (Å²) in [7, 11) is 3.51. The maximum absolute atomic E-state index is 13.0. The SMILES string of the molecule is CN1[CH-]N(c2[c-]cccc2)C=C1c1ccc2c(c1)S(=O)(=O)c1ccccc1-2.CN1[CH-]N(c2[c-]cccc2)C=C1c1ccc2c(c1)S(=O)c1ccccc1-2.CN1[CH-]N(c2[c-]cccc2)C=C1c1ccc2c(c1)[Se](=O)c1ccccc1-2.CN1[CH-]N(c2[c-]cccc2)C=C1c1ccc2c(c1)[se]c1ccccc12.[Ir].[Ir].[Ir].[Ir]. The fraction of sp³-hybridized carbons (Fsp3) is 0.0455. The predicted octanol–water partition coefficient (Wildman–Crippen LogP) is 16.3. The fourth-order valence-corrected chi connectivity index (χ4v) is 22.5. The van der Waals surface area contributed by atoms with E-state index in [2.05, 4.69) is 172 Å². The number of anilines is 4. The van der Waals surface area contributed by atoms with Gasteiger partial charge in [0.25, 0.3) is 0 Å². The van der Waals surface area contributed by atoms with Crippen LogP contribution in [0.3, 0.4) is 0 Å². The molecule has 0 fully saturated rings. The Morgan fingerprint density at radius 2 is 0.731 bits per heavy atom. The first-order valence-corrected chi connectivity index (χ1v) is 40.5. The van der Waals surface area contributed by atoms with Crippen LogP contribution < -0.4 is 28.5 Å². The fourth-order valence-electron chi connectivity index (χ4n) is 13.9. The molecule has 7 aliphatic heterocycles. The second-order valence-electron chi connectivity index (χ2n) is 25.6. The first-order valence-electron chi connectivity index (χ1n) is 33.7. The van der Waals surface area contributed by atoms with Gasteiger partial charge in [0.1, 0.15) is 0 Å². The molecule has 548 valence electrons. The quantitative estimate of drug-likeness (QED) is 0.107. The third kappa shape index (κ3) is 14.8. The molecule has 0 bridgehead atoms. The van der Waals surface area contributed by atoms with Crippen LogP contribution in [0.1, 0.15) is 22.3 Å². The molecule has 7 aliphatic rings. The Hall–Kier alpha value is -8.46. The number of para-hydroxylation sites is 4. The summed E-state index contributed by atoms with van der Waals surface area (Å²) in [6.07, 6.45) is 8.35. The van der Waals surface area contributed by atoms with Gasteiger partial charge in [-0.05, 0) is 73.0 Å². The average molecular weight is 2290 g/mol. The van der Waals surface area contributed by atoms with Crippen molar-refractivity contribution in [3.8, 4) is 33.4 Å². The van der Waals surface area contributed by atoms with Crippen LogP contribution in [0.4, 0.5) is 22.7 Å². The van der Waals surface area contributed by atoms with Crippen LogP contribution in [0.2, 0.25) is 0 Å². The molecule has 0 amide bonds. The zero-order chi connectivity index (χ0) is 70.7. The van der Waals surface area contributed by atoms with Crippen LogP contribution >= 0.6 is 0 Å². The van der Waals surface area contributed by atoms with Crippen LogP contribution in [-0.2, 0) is 105 Å². The Balaban J connectivity index is 0.000000125. The van der Waals surface area contributed by atoms with Crippen molar-refractivity contribution in [2.24, 2.45) is 0 Å². The van der Waals surface area contributed by atoms with E-state index >= 15 is 0 Å². The van der Waals surface area contributed by atoms with Crippen LogP contribution in [0.15, 0.2) is 311 Å². The first-order chi connectivity index (χ1) is 50.8. The van der Waals surface area contributed by atoms with Crippen LogP contribution in [0.5, 0.6) is 0 Å². The van der Waals surface area contributed by atoms with Crippen molar-refractivity contribution in [3.05, 3.63) is 365 Å². The predicted molar refractivity (Wildman–Crippen MR) is 421 cm³/mol. The Kier molecular flexibility index (Phi) is 23.7. The number of nitrogens with zero attached hydrogens (tertiary/aromatic N) is 8. The van der Waals surface area contributed by atoms with E-state index in [4.69, 9.17) is 0 Å². The van der Waals surface area contributed by atoms with Crippen LogP contribution in [0, 0.1) is 50.9 Å². The van der Waals surface area contributed by atoms with Gasteiger partial charge in [-0.15, -0.1) is 11.4 Å². The summed E-state index contributed by atoms with van der Waals surface area (Å²) in [6, 6.07) is 102. The van der Waals surface area contributed by atoms with Gasteiger partial charge in [-0.1, -0.05) is 60.7 Å². The van der Waals surface area contributed by atoms with E-state index < -0.39 is 34.5 Å². The van der Waals surface area contributed by atoms with Gasteiger partial charge in [-0.25, -0.2) is 12.6 Å². The Bertz CT molecular complexity index is 5680. The van der Waals surface area contributed by atoms with E-state index in [-0.39, 0.29) is 80.4 Å². The van der Waals surface area contributed by atoms with E-state index in [0.717, 1.165) is 109 Å². The van der Waals surface area contributed by atoms with Gasteiger partial charge >= 0.3 is 310 Å². The van der Waals surface area contributed by atoms with Crippen molar-refractivity contribution in [1.29, 1.82) is 0 Å². The van der Waals surface area contributed by atoms with Crippen molar-refractivity contribution in [1.82, 2.24) is 19.6 Å². The summed E-state index contributed by atoms with van der Waals surface area (Å²) >= 11 is -1.79. The number of rotatable bonds is 8. The summed E-state index contributed by atoms with van der Waals surface area (Å²) in [5, 5.41) is 2.81. The van der Waals surface area contributed by atoms with Gasteiger partial charge < -0.3 is 19.6 Å². The standard InChI is InChI=1S/C22H16N2O2S.C22H16N2OS.C22H16N2OSe.C22H16N2Se.4Ir/c1-23-15-24(17-7-3-2-4-8-17)14-20(23)16-11-12-19-18-9-5-6-10-21(18)27(25,26)22(19)13-16;2*1-23-15-24(17-7-3-2-4-8-17)14-20(23)16-11-12-19-18-9-5-6-10-21(18)26(25)22(19)13-16;1-23-15-24(17-7-3-2-4-8-17)14-20(23)16-11-12-19-18-9-5-6-10-21(18)25-22(19)13-16;;;;/h2-7,9-15H,1H3;2*2-7,9-15H,1H3;2-7,9-15H,1H3;;;;/q4*-2;;;;. The minimum atomic E-state index is -3.48. The Labute approximate surface area is 697 Å². The zero-order valence-corrected chi connectivity index (χ0v) is 72.8. The molecule has 2 unspecified atom stereocenters. The second-order valence-corrected chi connectivity index (χ2v) is 34.1. The maximum atomic E-state index is 13.0. The van der Waals surface area contributed by atoms with E-state index in [1.807, 2.05) is 220 Å². The summed E-state index contributed by atoms with van der Waals surface area (Å²) < 4.78 is 56.7. The molecule has 108 heavy (non-hydrogen) atoms. The average Bonchev–Trinajstić information content (AvgIpc) is 1.61. The molecule has 20 heteroatoms. The van der Waals surface area contributed by atoms with Gasteiger partial charge in [0.05, 0.1) is 30.4 Å². The molecule has 13 aromatic rings. The van der Waals surface area contributed by atoms with Gasteiger partial charge in [0.15, 0.2) is 0 Å². The van der Waals surface area contributed by atoms with Crippen molar-refractivity contribution >= 4 is 123 Å². The molecule has 8 heterocycles. The van der Waals surface area contributed by atoms with E-state index in [1.54, 1.807) is 18.2 Å². The van der Waals surface area contributed by atoms with Crippen LogP contribution in [0.25, 0.3) is 75.5 Å². The van der Waals surface area contributed by atoms with Gasteiger partial charge in [0.2, 0.25) is 9.84 Å². The molecule has 0 spiro atoms. The number of sulfone groups is 1. The smallest absolute Gasteiger partial charge is 0 e. The second kappa shape index (κ2) is 33.0. The summed E-state index contributed by atoms with van der Waals surface area (Å²) in [6.45, 7) is 8.13. The molecule has 2 atom stereocenters. The normalized spacial score (nSPS) is 16.2. The van der Waals surface area contributed by atoms with E-state index in [1.165, 1.54) is 30.6 Å². The van der Waals surface area contributed by atoms with Crippen molar-refractivity contribution in [3.63, 3.8) is 0 Å². The maximum Gasteiger partial charge on any atom is 0 e. The number of hydrogen-bond acceptors (Lipinski definition) is 12. The number of benzene rings is 12. The summed E-state index contributed by atoms with van der Waals surface area (Å²) in [5.41, 5.74) is 18.5. The molecule has 12 nitrogen and oxygen atoms in total. The third-order valence-corrected chi connectivity index (χ3v) is 27.9. The van der Waals surface area contributed by atoms with Gasteiger partial charge in [-0.3, -0.25) is 0 Å². The van der Waals surface area contributed by atoms with Crippen molar-refractivity contribution < 1.29 is 96.9 Å². The van der Waals surface area contributed by atoms with Crippen molar-refractivity contribution in [2.75, 3.05) is 47.8 Å². The largest absolute Gasteiger partial charge is 0 e.